The molecule has 0 aromatic carbocycles. The van der Waals surface area contributed by atoms with Gasteiger partial charge in [-0.25, -0.2) is 9.78 Å². The fourth-order valence-electron chi connectivity index (χ4n) is 2.30. The number of pyridine rings is 1. The lowest BCUT2D eigenvalue weighted by molar-refractivity contribution is -0.150. The zero-order valence-electron chi connectivity index (χ0n) is 9.84. The molecule has 5 nitrogen and oxygen atoms in total. The molecular formula is C12H15NO4. The molecule has 1 heterocycles. The number of methoxy groups -OCH3 is 2. The minimum atomic E-state index is -0.948. The Morgan fingerprint density at radius 2 is 2.24 bits per heavy atom. The standard InChI is InChI=1S/C12H15NO4/c1-16-9(11(14)15)12(5-6-12)8-4-3-7-13-10(8)17-2/h3-4,7,9H,5-6H2,1-2H3,(H,14,15). The number of carboxylic acid groups (broad SMARTS) is 1. The van der Waals surface area contributed by atoms with E-state index in [2.05, 4.69) is 4.98 Å². The topological polar surface area (TPSA) is 68.7 Å². The first-order valence-electron chi connectivity index (χ1n) is 5.41. The molecule has 1 unspecified atom stereocenters. The second-order valence-corrected chi connectivity index (χ2v) is 4.17. The van der Waals surface area contributed by atoms with Crippen LogP contribution in [0.1, 0.15) is 18.4 Å². The molecule has 1 aliphatic rings. The maximum Gasteiger partial charge on any atom is 0.333 e. The molecule has 0 bridgehead atoms. The summed E-state index contributed by atoms with van der Waals surface area (Å²) in [6.07, 6.45) is 2.33. The molecule has 0 saturated heterocycles. The third-order valence-corrected chi connectivity index (χ3v) is 3.25. The van der Waals surface area contributed by atoms with Crippen LogP contribution >= 0.6 is 0 Å². The Morgan fingerprint density at radius 1 is 1.53 bits per heavy atom. The number of carboxylic acids is 1. The lowest BCUT2D eigenvalue weighted by Crippen LogP contribution is -2.36. The van der Waals surface area contributed by atoms with Crippen molar-refractivity contribution >= 4 is 5.97 Å². The van der Waals surface area contributed by atoms with Crippen LogP contribution in [-0.4, -0.2) is 36.4 Å². The molecule has 1 N–H and O–H groups in total. The van der Waals surface area contributed by atoms with Crippen molar-refractivity contribution in [2.24, 2.45) is 0 Å². The second kappa shape index (κ2) is 4.33. The van der Waals surface area contributed by atoms with Crippen LogP contribution < -0.4 is 4.74 Å². The van der Waals surface area contributed by atoms with Gasteiger partial charge in [0.1, 0.15) is 0 Å². The van der Waals surface area contributed by atoms with Crippen LogP contribution in [0.4, 0.5) is 0 Å². The molecule has 0 amide bonds. The highest BCUT2D eigenvalue weighted by molar-refractivity contribution is 5.76. The van der Waals surface area contributed by atoms with Gasteiger partial charge in [0.2, 0.25) is 5.88 Å². The maximum absolute atomic E-state index is 11.2. The molecule has 1 aliphatic carbocycles. The van der Waals surface area contributed by atoms with Gasteiger partial charge in [-0.15, -0.1) is 0 Å². The predicted octanol–water partition coefficient (Wildman–Crippen LogP) is 1.22. The van der Waals surface area contributed by atoms with E-state index in [0.29, 0.717) is 5.88 Å². The van der Waals surface area contributed by atoms with Gasteiger partial charge in [0.15, 0.2) is 6.10 Å². The Hall–Kier alpha value is -1.62. The normalized spacial score (nSPS) is 18.5. The Labute approximate surface area is 99.4 Å². The average molecular weight is 237 g/mol. The number of aromatic nitrogens is 1. The monoisotopic (exact) mass is 237 g/mol. The van der Waals surface area contributed by atoms with Gasteiger partial charge < -0.3 is 14.6 Å². The summed E-state index contributed by atoms with van der Waals surface area (Å²) >= 11 is 0. The summed E-state index contributed by atoms with van der Waals surface area (Å²) in [7, 11) is 2.95. The van der Waals surface area contributed by atoms with Crippen LogP contribution in [0.2, 0.25) is 0 Å². The first kappa shape index (κ1) is 11.9. The molecule has 5 heteroatoms. The van der Waals surface area contributed by atoms with Crippen LogP contribution in [0, 0.1) is 0 Å². The van der Waals surface area contributed by atoms with E-state index in [4.69, 9.17) is 9.47 Å². The fraction of sp³-hybridized carbons (Fsp3) is 0.500. The van der Waals surface area contributed by atoms with Crippen molar-refractivity contribution in [3.63, 3.8) is 0 Å². The van der Waals surface area contributed by atoms with Crippen molar-refractivity contribution in [3.05, 3.63) is 23.9 Å². The van der Waals surface area contributed by atoms with Crippen LogP contribution in [0.15, 0.2) is 18.3 Å². The summed E-state index contributed by atoms with van der Waals surface area (Å²) in [6, 6.07) is 3.64. The lowest BCUT2D eigenvalue weighted by Gasteiger charge is -2.23. The number of carbonyl (C=O) groups is 1. The number of nitrogens with zero attached hydrogens (tertiary/aromatic N) is 1. The van der Waals surface area contributed by atoms with E-state index in [1.54, 1.807) is 12.3 Å². The Bertz CT molecular complexity index is 428. The molecule has 17 heavy (non-hydrogen) atoms. The van der Waals surface area contributed by atoms with Crippen LogP contribution in [-0.2, 0) is 14.9 Å². The van der Waals surface area contributed by atoms with Crippen molar-refractivity contribution in [1.29, 1.82) is 0 Å². The number of ether oxygens (including phenoxy) is 2. The highest BCUT2D eigenvalue weighted by Crippen LogP contribution is 2.54. The first-order valence-corrected chi connectivity index (χ1v) is 5.41. The summed E-state index contributed by atoms with van der Waals surface area (Å²) in [5, 5.41) is 9.19. The lowest BCUT2D eigenvalue weighted by atomic mass is 9.90. The predicted molar refractivity (Wildman–Crippen MR) is 60.1 cm³/mol. The van der Waals surface area contributed by atoms with E-state index in [9.17, 15) is 9.90 Å². The van der Waals surface area contributed by atoms with Gasteiger partial charge in [-0.1, -0.05) is 6.07 Å². The Morgan fingerprint density at radius 3 is 2.71 bits per heavy atom. The molecule has 0 spiro atoms. The Balaban J connectivity index is 2.41. The van der Waals surface area contributed by atoms with Crippen molar-refractivity contribution in [3.8, 4) is 5.88 Å². The van der Waals surface area contributed by atoms with Crippen LogP contribution in [0.25, 0.3) is 0 Å². The summed E-state index contributed by atoms with van der Waals surface area (Å²) in [5.41, 5.74) is 0.331. The van der Waals surface area contributed by atoms with E-state index >= 15 is 0 Å². The number of hydrogen-bond acceptors (Lipinski definition) is 4. The van der Waals surface area contributed by atoms with E-state index in [0.717, 1.165) is 18.4 Å². The van der Waals surface area contributed by atoms with E-state index < -0.39 is 17.5 Å². The number of rotatable bonds is 5. The SMILES string of the molecule is COc1ncccc1C1(C(OC)C(=O)O)CC1. The average Bonchev–Trinajstić information content (AvgIpc) is 3.11. The van der Waals surface area contributed by atoms with Gasteiger partial charge in [0.05, 0.1) is 7.11 Å². The van der Waals surface area contributed by atoms with Gasteiger partial charge in [-0.3, -0.25) is 0 Å². The highest BCUT2D eigenvalue weighted by Gasteiger charge is 2.56. The van der Waals surface area contributed by atoms with Gasteiger partial charge in [-0.05, 0) is 18.9 Å². The fourth-order valence-corrected chi connectivity index (χ4v) is 2.30. The first-order chi connectivity index (χ1) is 8.15. The smallest absolute Gasteiger partial charge is 0.333 e. The molecule has 1 saturated carbocycles. The van der Waals surface area contributed by atoms with E-state index in [1.165, 1.54) is 14.2 Å². The zero-order valence-corrected chi connectivity index (χ0v) is 9.84. The molecule has 2 rings (SSSR count). The largest absolute Gasteiger partial charge is 0.481 e. The number of hydrogen-bond donors (Lipinski definition) is 1. The van der Waals surface area contributed by atoms with Crippen LogP contribution in [0.5, 0.6) is 5.88 Å². The van der Waals surface area contributed by atoms with Gasteiger partial charge in [0, 0.05) is 24.3 Å². The van der Waals surface area contributed by atoms with E-state index in [1.807, 2.05) is 6.07 Å². The van der Waals surface area contributed by atoms with Gasteiger partial charge >= 0.3 is 5.97 Å². The maximum atomic E-state index is 11.2. The van der Waals surface area contributed by atoms with Gasteiger partial charge in [0.25, 0.3) is 0 Å². The zero-order chi connectivity index (χ0) is 12.5. The van der Waals surface area contributed by atoms with Crippen LogP contribution in [0.3, 0.4) is 0 Å². The minimum Gasteiger partial charge on any atom is -0.481 e. The van der Waals surface area contributed by atoms with Gasteiger partial charge in [-0.2, -0.15) is 0 Å². The van der Waals surface area contributed by atoms with Crippen molar-refractivity contribution < 1.29 is 19.4 Å². The summed E-state index contributed by atoms with van der Waals surface area (Å²) < 4.78 is 10.3. The molecule has 0 aliphatic heterocycles. The highest BCUT2D eigenvalue weighted by atomic mass is 16.5. The number of aliphatic carboxylic acids is 1. The molecule has 1 atom stereocenters. The Kier molecular flexibility index (Phi) is 3.02. The van der Waals surface area contributed by atoms with Crippen molar-refractivity contribution in [1.82, 2.24) is 4.98 Å². The van der Waals surface area contributed by atoms with Crippen molar-refractivity contribution in [2.45, 2.75) is 24.4 Å². The molecule has 1 fully saturated rings. The van der Waals surface area contributed by atoms with Crippen molar-refractivity contribution in [2.75, 3.05) is 14.2 Å². The summed E-state index contributed by atoms with van der Waals surface area (Å²) in [4.78, 5) is 15.3. The summed E-state index contributed by atoms with van der Waals surface area (Å²) in [6.45, 7) is 0. The summed E-state index contributed by atoms with van der Waals surface area (Å²) in [5.74, 6) is -0.468. The minimum absolute atomic E-state index is 0.480. The van der Waals surface area contributed by atoms with E-state index in [-0.39, 0.29) is 0 Å². The molecular weight excluding hydrogens is 222 g/mol. The quantitative estimate of drug-likeness (QED) is 0.834. The second-order valence-electron chi connectivity index (χ2n) is 4.17. The molecule has 92 valence electrons. The molecule has 1 aromatic heterocycles. The molecule has 1 aromatic rings. The molecule has 0 radical (unpaired) electrons. The third kappa shape index (κ3) is 1.86. The third-order valence-electron chi connectivity index (χ3n) is 3.25.